The molecule has 2 aliphatic rings. The number of piperazine rings is 1. The normalized spacial score (nSPS) is 15.2. The number of anilines is 2. The third-order valence-corrected chi connectivity index (χ3v) is 8.82. The monoisotopic (exact) mass is 638 g/mol. The molecule has 2 aromatic carbocycles. The van der Waals surface area contributed by atoms with E-state index >= 15 is 4.39 Å². The summed E-state index contributed by atoms with van der Waals surface area (Å²) in [6.07, 6.45) is 3.11. The van der Waals surface area contributed by atoms with Crippen LogP contribution in [0.3, 0.4) is 0 Å². The maximum absolute atomic E-state index is 15.3. The summed E-state index contributed by atoms with van der Waals surface area (Å²) in [6, 6.07) is 6.38. The van der Waals surface area contributed by atoms with Crippen LogP contribution < -0.4 is 29.9 Å². The molecule has 1 saturated carbocycles. The van der Waals surface area contributed by atoms with Gasteiger partial charge in [0.05, 0.1) is 39.1 Å². The molecule has 45 heavy (non-hydrogen) atoms. The summed E-state index contributed by atoms with van der Waals surface area (Å²) in [4.78, 5) is 41.1. The molecule has 0 radical (unpaired) electrons. The number of rotatable bonds is 10. The maximum atomic E-state index is 15.3. The lowest BCUT2D eigenvalue weighted by Crippen LogP contribution is -2.49. The first-order valence-electron chi connectivity index (χ1n) is 14.2. The van der Waals surface area contributed by atoms with Crippen molar-refractivity contribution >= 4 is 44.9 Å². The fraction of sp³-hybridized carbons (Fsp3) is 0.367. The van der Waals surface area contributed by atoms with Gasteiger partial charge in [0.25, 0.3) is 0 Å². The van der Waals surface area contributed by atoms with Crippen LogP contribution in [-0.4, -0.2) is 90.7 Å². The third kappa shape index (κ3) is 6.00. The molecule has 0 atom stereocenters. The Morgan fingerprint density at radius 2 is 1.71 bits per heavy atom. The number of hydrogen-bond acceptors (Lipinski definition) is 11. The zero-order valence-electron chi connectivity index (χ0n) is 24.8. The summed E-state index contributed by atoms with van der Waals surface area (Å²) in [5.41, 5.74) is 0.502. The van der Waals surface area contributed by atoms with Crippen LogP contribution in [0, 0.1) is 5.82 Å². The number of carboxylic acids is 1. The highest BCUT2D eigenvalue weighted by atomic mass is 32.1. The molecule has 6 rings (SSSR count). The SMILES string of the molecule is COc1cc(-c2nnc(NC(=O)CN3CCN(c4cc5c(cc4F)c(=O)c(C(=O)O)cn5C4CC4)CC3)s2)cc(OC)c1OC. The minimum Gasteiger partial charge on any atom is -0.493 e. The molecule has 2 aromatic heterocycles. The van der Waals surface area contributed by atoms with E-state index in [9.17, 15) is 19.5 Å². The van der Waals surface area contributed by atoms with Gasteiger partial charge >= 0.3 is 5.97 Å². The van der Waals surface area contributed by atoms with Crippen LogP contribution >= 0.6 is 11.3 Å². The van der Waals surface area contributed by atoms with Gasteiger partial charge in [-0.3, -0.25) is 19.8 Å². The van der Waals surface area contributed by atoms with E-state index in [1.807, 2.05) is 9.80 Å². The van der Waals surface area contributed by atoms with Gasteiger partial charge in [0.15, 0.2) is 11.5 Å². The summed E-state index contributed by atoms with van der Waals surface area (Å²) >= 11 is 1.21. The minimum atomic E-state index is -1.33. The lowest BCUT2D eigenvalue weighted by Gasteiger charge is -2.36. The fourth-order valence-electron chi connectivity index (χ4n) is 5.51. The highest BCUT2D eigenvalue weighted by Gasteiger charge is 2.29. The first-order chi connectivity index (χ1) is 21.7. The average Bonchev–Trinajstić information content (AvgIpc) is 3.78. The number of nitrogens with one attached hydrogen (secondary N) is 1. The number of aromatic nitrogens is 3. The average molecular weight is 639 g/mol. The van der Waals surface area contributed by atoms with E-state index in [1.54, 1.807) is 22.8 Å². The van der Waals surface area contributed by atoms with Gasteiger partial charge in [-0.05, 0) is 37.1 Å². The summed E-state index contributed by atoms with van der Waals surface area (Å²) in [6.45, 7) is 2.05. The Balaban J connectivity index is 1.10. The van der Waals surface area contributed by atoms with E-state index in [4.69, 9.17) is 14.2 Å². The number of carbonyl (C=O) groups excluding carboxylic acids is 1. The van der Waals surface area contributed by atoms with Crippen molar-refractivity contribution < 1.29 is 33.3 Å². The van der Waals surface area contributed by atoms with Gasteiger partial charge in [0, 0.05) is 49.4 Å². The van der Waals surface area contributed by atoms with Gasteiger partial charge < -0.3 is 28.8 Å². The standard InChI is InChI=1S/C30H31FN6O7S/c1-42-23-10-16(11-24(43-2)27(23)44-3)28-33-34-30(45-28)32-25(38)15-35-6-8-36(9-7-35)22-13-21-18(12-20(22)31)26(39)19(29(40)41)14-37(21)17-4-5-17/h10-14,17H,4-9,15H2,1-3H3,(H,40,41)(H,32,34,38). The van der Waals surface area contributed by atoms with E-state index in [2.05, 4.69) is 15.5 Å². The van der Waals surface area contributed by atoms with E-state index in [0.717, 1.165) is 18.9 Å². The number of nitrogens with zero attached hydrogens (tertiary/aromatic N) is 5. The molecule has 3 heterocycles. The highest BCUT2D eigenvalue weighted by Crippen LogP contribution is 2.42. The molecule has 15 heteroatoms. The second-order valence-electron chi connectivity index (χ2n) is 10.8. The van der Waals surface area contributed by atoms with E-state index in [0.29, 0.717) is 70.3 Å². The van der Waals surface area contributed by atoms with Crippen molar-refractivity contribution in [1.82, 2.24) is 19.7 Å². The van der Waals surface area contributed by atoms with Gasteiger partial charge in [-0.25, -0.2) is 9.18 Å². The van der Waals surface area contributed by atoms with Crippen LogP contribution in [0.5, 0.6) is 17.2 Å². The van der Waals surface area contributed by atoms with Crippen molar-refractivity contribution in [2.24, 2.45) is 0 Å². The molecule has 0 spiro atoms. The first-order valence-corrected chi connectivity index (χ1v) is 15.0. The molecule has 1 aliphatic carbocycles. The van der Waals surface area contributed by atoms with Crippen LogP contribution in [0.15, 0.2) is 35.3 Å². The van der Waals surface area contributed by atoms with E-state index in [1.165, 1.54) is 38.9 Å². The largest absolute Gasteiger partial charge is 0.493 e. The Hall–Kier alpha value is -4.76. The Labute approximate surface area is 260 Å². The van der Waals surface area contributed by atoms with Gasteiger partial charge in [-0.15, -0.1) is 10.2 Å². The number of fused-ring (bicyclic) bond motifs is 1. The number of carbonyl (C=O) groups is 2. The number of halogens is 1. The summed E-state index contributed by atoms with van der Waals surface area (Å²) in [5.74, 6) is -0.769. The van der Waals surface area contributed by atoms with Gasteiger partial charge in [-0.1, -0.05) is 11.3 Å². The second-order valence-corrected chi connectivity index (χ2v) is 11.8. The Morgan fingerprint density at radius 1 is 1.02 bits per heavy atom. The second kappa shape index (κ2) is 12.3. The molecule has 13 nitrogen and oxygen atoms in total. The topological polar surface area (TPSA) is 148 Å². The molecule has 236 valence electrons. The van der Waals surface area contributed by atoms with Crippen molar-refractivity contribution in [2.45, 2.75) is 18.9 Å². The van der Waals surface area contributed by atoms with Crippen molar-refractivity contribution in [3.63, 3.8) is 0 Å². The van der Waals surface area contributed by atoms with Crippen LogP contribution in [0.2, 0.25) is 0 Å². The number of aromatic carboxylic acids is 1. The quantitative estimate of drug-likeness (QED) is 0.263. The van der Waals surface area contributed by atoms with Gasteiger partial charge in [-0.2, -0.15) is 0 Å². The molecule has 2 N–H and O–H groups in total. The lowest BCUT2D eigenvalue weighted by atomic mass is 10.1. The highest BCUT2D eigenvalue weighted by molar-refractivity contribution is 7.18. The van der Waals surface area contributed by atoms with Crippen molar-refractivity contribution in [3.8, 4) is 27.8 Å². The third-order valence-electron chi connectivity index (χ3n) is 7.93. The number of ether oxygens (including phenoxy) is 3. The summed E-state index contributed by atoms with van der Waals surface area (Å²) in [7, 11) is 4.57. The zero-order valence-corrected chi connectivity index (χ0v) is 25.6. The Kier molecular flexibility index (Phi) is 8.29. The molecular weight excluding hydrogens is 607 g/mol. The molecule has 4 aromatic rings. The number of methoxy groups -OCH3 is 3. The predicted octanol–water partition coefficient (Wildman–Crippen LogP) is 3.48. The van der Waals surface area contributed by atoms with E-state index < -0.39 is 17.2 Å². The van der Waals surface area contributed by atoms with Crippen molar-refractivity contribution in [1.29, 1.82) is 0 Å². The number of hydrogen-bond donors (Lipinski definition) is 2. The van der Waals surface area contributed by atoms with Crippen molar-refractivity contribution in [3.05, 3.63) is 52.1 Å². The molecular formula is C30H31FN6O7S. The first kappa shape index (κ1) is 30.3. The molecule has 1 amide bonds. The number of amides is 1. The predicted molar refractivity (Wildman–Crippen MR) is 166 cm³/mol. The molecule has 2 fully saturated rings. The fourth-order valence-corrected chi connectivity index (χ4v) is 6.26. The van der Waals surface area contributed by atoms with Crippen LogP contribution in [-0.2, 0) is 4.79 Å². The van der Waals surface area contributed by atoms with Crippen LogP contribution in [0.25, 0.3) is 21.5 Å². The Morgan fingerprint density at radius 3 is 2.31 bits per heavy atom. The molecule has 1 saturated heterocycles. The summed E-state index contributed by atoms with van der Waals surface area (Å²) in [5, 5.41) is 21.6. The van der Waals surface area contributed by atoms with E-state index in [-0.39, 0.29) is 29.4 Å². The van der Waals surface area contributed by atoms with Crippen LogP contribution in [0.1, 0.15) is 29.2 Å². The minimum absolute atomic E-state index is 0.0588. The lowest BCUT2D eigenvalue weighted by molar-refractivity contribution is -0.117. The van der Waals surface area contributed by atoms with Gasteiger partial charge in [0.2, 0.25) is 22.2 Å². The van der Waals surface area contributed by atoms with Crippen LogP contribution in [0.4, 0.5) is 15.2 Å². The van der Waals surface area contributed by atoms with Crippen molar-refractivity contribution in [2.75, 3.05) is 64.3 Å². The number of benzene rings is 2. The number of pyridine rings is 1. The van der Waals surface area contributed by atoms with Gasteiger partial charge in [0.1, 0.15) is 16.4 Å². The smallest absolute Gasteiger partial charge is 0.341 e. The molecule has 0 unspecified atom stereocenters. The summed E-state index contributed by atoms with van der Waals surface area (Å²) < 4.78 is 33.3. The number of carboxylic acid groups (broad SMARTS) is 1. The molecule has 1 aliphatic heterocycles. The maximum Gasteiger partial charge on any atom is 0.341 e. The zero-order chi connectivity index (χ0) is 31.8. The Bertz CT molecular complexity index is 1820. The molecule has 0 bridgehead atoms.